The van der Waals surface area contributed by atoms with E-state index in [9.17, 15) is 18.0 Å². The van der Waals surface area contributed by atoms with E-state index >= 15 is 0 Å². The van der Waals surface area contributed by atoms with Crippen LogP contribution in [0.5, 0.6) is 0 Å². The van der Waals surface area contributed by atoms with Crippen molar-refractivity contribution in [2.24, 2.45) is 17.0 Å². The van der Waals surface area contributed by atoms with Crippen LogP contribution < -0.4 is 10.5 Å². The summed E-state index contributed by atoms with van der Waals surface area (Å²) in [5.74, 6) is -1.84. The van der Waals surface area contributed by atoms with E-state index in [1.54, 1.807) is 12.1 Å². The number of sulfonamides is 1. The third kappa shape index (κ3) is 4.77. The van der Waals surface area contributed by atoms with Crippen LogP contribution in [0.15, 0.2) is 29.2 Å². The Kier molecular flexibility index (Phi) is 5.38. The van der Waals surface area contributed by atoms with Crippen molar-refractivity contribution in [3.8, 4) is 0 Å². The summed E-state index contributed by atoms with van der Waals surface area (Å²) in [4.78, 5) is 23.2. The highest BCUT2D eigenvalue weighted by molar-refractivity contribution is 7.89. The number of benzene rings is 1. The molecule has 2 atom stereocenters. The minimum Gasteiger partial charge on any atom is -0.481 e. The van der Waals surface area contributed by atoms with Gasteiger partial charge in [-0.15, -0.1) is 0 Å². The summed E-state index contributed by atoms with van der Waals surface area (Å²) in [5.41, 5.74) is 0.621. The lowest BCUT2D eigenvalue weighted by molar-refractivity contribution is -0.144. The summed E-state index contributed by atoms with van der Waals surface area (Å²) in [6.07, 6.45) is 2.34. The lowest BCUT2D eigenvalue weighted by Gasteiger charge is -2.25. The zero-order valence-electron chi connectivity index (χ0n) is 12.6. The monoisotopic (exact) mass is 340 g/mol. The molecule has 23 heavy (non-hydrogen) atoms. The predicted octanol–water partition coefficient (Wildman–Crippen LogP) is 0.841. The van der Waals surface area contributed by atoms with Crippen molar-refractivity contribution in [2.75, 3.05) is 0 Å². The van der Waals surface area contributed by atoms with Crippen molar-refractivity contribution in [1.82, 2.24) is 5.32 Å². The molecule has 1 aliphatic carbocycles. The van der Waals surface area contributed by atoms with Gasteiger partial charge in [-0.1, -0.05) is 18.6 Å². The smallest absolute Gasteiger partial charge is 0.306 e. The first-order valence-electron chi connectivity index (χ1n) is 7.39. The summed E-state index contributed by atoms with van der Waals surface area (Å²) in [5, 5.41) is 16.9. The van der Waals surface area contributed by atoms with Crippen LogP contribution in [-0.2, 0) is 26.2 Å². The Hall–Kier alpha value is -1.93. The summed E-state index contributed by atoms with van der Waals surface area (Å²) >= 11 is 0. The van der Waals surface area contributed by atoms with Gasteiger partial charge in [0.1, 0.15) is 0 Å². The van der Waals surface area contributed by atoms with E-state index in [0.717, 1.165) is 6.42 Å². The lowest BCUT2D eigenvalue weighted by Crippen LogP contribution is -2.35. The van der Waals surface area contributed by atoms with E-state index < -0.39 is 21.9 Å². The molecule has 8 heteroatoms. The van der Waals surface area contributed by atoms with Gasteiger partial charge in [0, 0.05) is 12.5 Å². The van der Waals surface area contributed by atoms with Crippen molar-refractivity contribution in [3.05, 3.63) is 29.8 Å². The molecule has 0 spiro atoms. The first-order chi connectivity index (χ1) is 10.8. The Labute approximate surface area is 134 Å². The maximum Gasteiger partial charge on any atom is 0.306 e. The van der Waals surface area contributed by atoms with Gasteiger partial charge >= 0.3 is 5.97 Å². The zero-order valence-corrected chi connectivity index (χ0v) is 13.4. The molecule has 1 aromatic rings. The molecule has 2 rings (SSSR count). The van der Waals surface area contributed by atoms with Crippen LogP contribution in [0.1, 0.15) is 31.2 Å². The first-order valence-corrected chi connectivity index (χ1v) is 8.94. The SMILES string of the molecule is NS(=O)(=O)c1cccc(CNC(=O)C2CCCC(C(=O)O)C2)c1. The molecule has 126 valence electrons. The molecule has 0 bridgehead atoms. The van der Waals surface area contributed by atoms with Crippen molar-refractivity contribution >= 4 is 21.9 Å². The average Bonchev–Trinajstić information content (AvgIpc) is 2.52. The van der Waals surface area contributed by atoms with E-state index in [2.05, 4.69) is 5.32 Å². The zero-order chi connectivity index (χ0) is 17.0. The van der Waals surface area contributed by atoms with Gasteiger partial charge < -0.3 is 10.4 Å². The van der Waals surface area contributed by atoms with Crippen LogP contribution in [0, 0.1) is 11.8 Å². The van der Waals surface area contributed by atoms with Gasteiger partial charge in [0.05, 0.1) is 10.8 Å². The molecule has 0 aliphatic heterocycles. The van der Waals surface area contributed by atoms with Crippen molar-refractivity contribution < 1.29 is 23.1 Å². The van der Waals surface area contributed by atoms with Gasteiger partial charge in [0.2, 0.25) is 15.9 Å². The van der Waals surface area contributed by atoms with E-state index in [0.29, 0.717) is 24.8 Å². The topological polar surface area (TPSA) is 127 Å². The molecular formula is C15H20N2O5S. The van der Waals surface area contributed by atoms with Crippen LogP contribution in [-0.4, -0.2) is 25.4 Å². The number of amides is 1. The Bertz CT molecular complexity index is 702. The number of rotatable bonds is 5. The number of primary sulfonamides is 1. The van der Waals surface area contributed by atoms with Gasteiger partial charge in [-0.05, 0) is 37.0 Å². The predicted molar refractivity (Wildman–Crippen MR) is 82.7 cm³/mol. The highest BCUT2D eigenvalue weighted by Gasteiger charge is 2.30. The Morgan fingerprint density at radius 3 is 2.61 bits per heavy atom. The molecule has 1 fully saturated rings. The van der Waals surface area contributed by atoms with Crippen LogP contribution in [0.4, 0.5) is 0 Å². The first kappa shape index (κ1) is 17.4. The second kappa shape index (κ2) is 7.10. The van der Waals surface area contributed by atoms with Crippen molar-refractivity contribution in [2.45, 2.75) is 37.1 Å². The minimum atomic E-state index is -3.78. The molecule has 1 aromatic carbocycles. The highest BCUT2D eigenvalue weighted by Crippen LogP contribution is 2.29. The van der Waals surface area contributed by atoms with Crippen LogP contribution in [0.25, 0.3) is 0 Å². The maximum atomic E-state index is 12.2. The fraction of sp³-hybridized carbons (Fsp3) is 0.467. The maximum absolute atomic E-state index is 12.2. The number of carbonyl (C=O) groups excluding carboxylic acids is 1. The van der Waals surface area contributed by atoms with Gasteiger partial charge in [-0.25, -0.2) is 13.6 Å². The number of carboxylic acid groups (broad SMARTS) is 1. The number of nitrogens with two attached hydrogens (primary N) is 1. The van der Waals surface area contributed by atoms with Gasteiger partial charge in [0.25, 0.3) is 0 Å². The fourth-order valence-corrected chi connectivity index (χ4v) is 3.40. The molecule has 0 saturated heterocycles. The van der Waals surface area contributed by atoms with Gasteiger partial charge in [0.15, 0.2) is 0 Å². The second-order valence-corrected chi connectivity index (χ2v) is 7.37. The fourth-order valence-electron chi connectivity index (χ4n) is 2.82. The quantitative estimate of drug-likeness (QED) is 0.732. The normalized spacial score (nSPS) is 21.6. The standard InChI is InChI=1S/C15H20N2O5S/c16-23(21,22)13-6-1-3-10(7-13)9-17-14(18)11-4-2-5-12(8-11)15(19)20/h1,3,6-7,11-12H,2,4-5,8-9H2,(H,17,18)(H,19,20)(H2,16,21,22). The molecule has 7 nitrogen and oxygen atoms in total. The Morgan fingerprint density at radius 2 is 1.96 bits per heavy atom. The van der Waals surface area contributed by atoms with E-state index in [1.807, 2.05) is 0 Å². The number of nitrogens with one attached hydrogen (secondary N) is 1. The number of hydrogen-bond donors (Lipinski definition) is 3. The second-order valence-electron chi connectivity index (χ2n) is 5.81. The van der Waals surface area contributed by atoms with E-state index in [4.69, 9.17) is 10.2 Å². The molecule has 1 saturated carbocycles. The summed E-state index contributed by atoms with van der Waals surface area (Å²) < 4.78 is 22.6. The van der Waals surface area contributed by atoms with Crippen LogP contribution >= 0.6 is 0 Å². The summed E-state index contributed by atoms with van der Waals surface area (Å²) in [7, 11) is -3.78. The molecular weight excluding hydrogens is 320 g/mol. The van der Waals surface area contributed by atoms with Crippen molar-refractivity contribution in [3.63, 3.8) is 0 Å². The molecule has 1 amide bonds. The number of carboxylic acids is 1. The largest absolute Gasteiger partial charge is 0.481 e. The average molecular weight is 340 g/mol. The number of hydrogen-bond acceptors (Lipinski definition) is 4. The van der Waals surface area contributed by atoms with Crippen LogP contribution in [0.2, 0.25) is 0 Å². The highest BCUT2D eigenvalue weighted by atomic mass is 32.2. The molecule has 0 heterocycles. The summed E-state index contributed by atoms with van der Waals surface area (Å²) in [6, 6.07) is 6.05. The third-order valence-corrected chi connectivity index (χ3v) is 5.00. The minimum absolute atomic E-state index is 0.00661. The Balaban J connectivity index is 1.95. The molecule has 0 aromatic heterocycles. The third-order valence-electron chi connectivity index (χ3n) is 4.09. The molecule has 4 N–H and O–H groups in total. The van der Waals surface area contributed by atoms with Crippen molar-refractivity contribution in [1.29, 1.82) is 0 Å². The van der Waals surface area contributed by atoms with Crippen LogP contribution in [0.3, 0.4) is 0 Å². The Morgan fingerprint density at radius 1 is 1.26 bits per heavy atom. The van der Waals surface area contributed by atoms with Gasteiger partial charge in [-0.3, -0.25) is 9.59 Å². The number of aliphatic carboxylic acids is 1. The molecule has 0 radical (unpaired) electrons. The van der Waals surface area contributed by atoms with Gasteiger partial charge in [-0.2, -0.15) is 0 Å². The lowest BCUT2D eigenvalue weighted by atomic mass is 9.81. The summed E-state index contributed by atoms with van der Waals surface area (Å²) in [6.45, 7) is 0.177. The van der Waals surface area contributed by atoms with E-state index in [-0.39, 0.29) is 23.3 Å². The number of carbonyl (C=O) groups is 2. The van der Waals surface area contributed by atoms with E-state index in [1.165, 1.54) is 12.1 Å². The molecule has 2 unspecified atom stereocenters. The molecule has 1 aliphatic rings.